The van der Waals surface area contributed by atoms with Crippen LogP contribution in [0.4, 0.5) is 0 Å². The molecule has 0 radical (unpaired) electrons. The molecule has 27 heteroatoms. The van der Waals surface area contributed by atoms with Gasteiger partial charge in [0.05, 0.1) is 0 Å². The van der Waals surface area contributed by atoms with Gasteiger partial charge < -0.3 is 49.4 Å². The lowest BCUT2D eigenvalue weighted by Gasteiger charge is -2.63. The lowest BCUT2D eigenvalue weighted by Crippen LogP contribution is -2.88. The minimum Gasteiger partial charge on any atom is -0.373 e. The van der Waals surface area contributed by atoms with Crippen LogP contribution in [0, 0.1) is 0 Å². The first-order chi connectivity index (χ1) is 25.5. The summed E-state index contributed by atoms with van der Waals surface area (Å²) in [5.74, 6) is 4.24. The van der Waals surface area contributed by atoms with E-state index >= 15 is 0 Å². The maximum atomic E-state index is 7.62. The molecule has 0 aromatic carbocycles. The predicted octanol–water partition coefficient (Wildman–Crippen LogP) is 7.19. The molecule has 8 bridgehead atoms. The number of hydrogen-bond donors (Lipinski definition) is 7. The van der Waals surface area contributed by atoms with Crippen LogP contribution in [-0.4, -0.2) is 111 Å². The molecule has 0 aromatic rings. The summed E-state index contributed by atoms with van der Waals surface area (Å²) < 4.78 is 91.3. The van der Waals surface area contributed by atoms with Crippen molar-refractivity contribution in [3.05, 3.63) is 0 Å². The summed E-state index contributed by atoms with van der Waals surface area (Å²) in [7, 11) is -31.1. The summed E-state index contributed by atoms with van der Waals surface area (Å²) >= 11 is 32.4. The Morgan fingerprint density at radius 1 is 0.245 bits per heavy atom. The van der Waals surface area contributed by atoms with Crippen LogP contribution < -0.4 is 0 Å². The van der Waals surface area contributed by atoms with Gasteiger partial charge in [0.1, 0.15) is 0 Å². The molecule has 0 amide bonds. The Morgan fingerprint density at radius 2 is 0.415 bits per heavy atom. The second-order valence-corrected chi connectivity index (χ2v) is 41.8. The number of unbranched alkanes of at least 4 members (excludes halogenated alkanes) is 2. The van der Waals surface area contributed by atoms with Gasteiger partial charge in [0, 0.05) is 48.4 Å². The van der Waals surface area contributed by atoms with Crippen molar-refractivity contribution in [3.63, 3.8) is 0 Å². The Bertz CT molecular complexity index is 1030. The number of hydrogen-bond acceptors (Lipinski definition) is 19. The molecule has 6 fully saturated rings. The maximum Gasteiger partial charge on any atom is 0.478 e. The van der Waals surface area contributed by atoms with E-state index in [1.807, 2.05) is 0 Å². The molecular weight excluding hydrogens is 953 g/mol. The molecule has 6 aliphatic heterocycles. The van der Waals surface area contributed by atoms with Gasteiger partial charge in [-0.15, -0.1) is 0 Å². The van der Waals surface area contributed by atoms with Crippen molar-refractivity contribution in [1.29, 1.82) is 0 Å². The standard InChI is InChI=1S/C26H60O12S7Si8/c1-2-3-19-46-27-48(21-6-13-40)33-51(24-9-16-43)30-47(20-5-4-12-39)31-52(34-48,25-10-17-44)36-50(29-46,23-8-15-42)38-53(32-47,26-11-18-45)37-49(28-46,35-51)22-7-14-41/h39-45H,2-26H2,1H3. The highest BCUT2D eigenvalue weighted by Crippen LogP contribution is 2.54. The van der Waals surface area contributed by atoms with E-state index in [1.165, 1.54) is 0 Å². The van der Waals surface area contributed by atoms with E-state index in [0.29, 0.717) is 127 Å². The van der Waals surface area contributed by atoms with Crippen LogP contribution in [0.1, 0.15) is 71.1 Å². The molecule has 6 heterocycles. The van der Waals surface area contributed by atoms with Gasteiger partial charge in [0.25, 0.3) is 0 Å². The summed E-state index contributed by atoms with van der Waals surface area (Å²) in [4.78, 5) is 0. The van der Waals surface area contributed by atoms with Gasteiger partial charge in [-0.2, -0.15) is 88.4 Å². The van der Waals surface area contributed by atoms with Gasteiger partial charge in [0.15, 0.2) is 0 Å². The zero-order chi connectivity index (χ0) is 38.2. The van der Waals surface area contributed by atoms with Crippen molar-refractivity contribution in [2.24, 2.45) is 0 Å². The Morgan fingerprint density at radius 3 is 0.585 bits per heavy atom. The second kappa shape index (κ2) is 21.2. The summed E-state index contributed by atoms with van der Waals surface area (Å²) in [6.07, 6.45) is 7.11. The Kier molecular flexibility index (Phi) is 19.1. The zero-order valence-corrected chi connectivity index (χ0v) is 45.0. The van der Waals surface area contributed by atoms with Crippen molar-refractivity contribution in [3.8, 4) is 0 Å². The van der Waals surface area contributed by atoms with Crippen LogP contribution in [0.25, 0.3) is 0 Å². The van der Waals surface area contributed by atoms with Gasteiger partial charge in [-0.25, -0.2) is 0 Å². The van der Waals surface area contributed by atoms with Crippen molar-refractivity contribution in [2.75, 3.05) is 40.3 Å². The molecule has 6 saturated heterocycles. The first kappa shape index (κ1) is 47.7. The third kappa shape index (κ3) is 11.8. The molecule has 6 rings (SSSR count). The van der Waals surface area contributed by atoms with Gasteiger partial charge in [-0.3, -0.25) is 0 Å². The Balaban J connectivity index is 1.88. The minimum atomic E-state index is -3.90. The predicted molar refractivity (Wildman–Crippen MR) is 246 cm³/mol. The van der Waals surface area contributed by atoms with E-state index in [1.54, 1.807) is 0 Å². The molecule has 6 aliphatic rings. The van der Waals surface area contributed by atoms with Crippen molar-refractivity contribution < 1.29 is 49.4 Å². The third-order valence-corrected chi connectivity index (χ3v) is 49.1. The Hall–Kier alpha value is 3.71. The van der Waals surface area contributed by atoms with E-state index in [4.69, 9.17) is 49.4 Å². The average molecular weight is 1010 g/mol. The second-order valence-electron chi connectivity index (χ2n) is 13.9. The summed E-state index contributed by atoms with van der Waals surface area (Å²) in [5, 5.41) is 0. The zero-order valence-electron chi connectivity index (χ0n) is 30.7. The fourth-order valence-electron chi connectivity index (χ4n) is 7.19. The Labute approximate surface area is 364 Å². The molecule has 310 valence electrons. The maximum absolute atomic E-state index is 7.62. The van der Waals surface area contributed by atoms with Crippen LogP contribution in [0.15, 0.2) is 0 Å². The van der Waals surface area contributed by atoms with E-state index < -0.39 is 70.4 Å². The lowest BCUT2D eigenvalue weighted by atomic mass is 10.4. The first-order valence-electron chi connectivity index (χ1n) is 19.1. The molecule has 0 atom stereocenters. The fourth-order valence-corrected chi connectivity index (χ4v) is 60.8. The van der Waals surface area contributed by atoms with Crippen molar-refractivity contribution in [2.45, 2.75) is 119 Å². The third-order valence-electron chi connectivity index (χ3n) is 9.31. The summed E-state index contributed by atoms with van der Waals surface area (Å²) in [6.45, 7) is 2.14. The summed E-state index contributed by atoms with van der Waals surface area (Å²) in [5.41, 5.74) is 0. The normalized spacial score (nSPS) is 40.5. The van der Waals surface area contributed by atoms with Crippen molar-refractivity contribution >= 4 is 159 Å². The monoisotopic (exact) mass is 1010 g/mol. The molecule has 12 nitrogen and oxygen atoms in total. The SMILES string of the molecule is CCCC[Si]12O[Si]3(CCCS)O[Si]4(CCCS)O[Si](CCCS)(O1)O[Si]1(CCCS)O[Si](CCCS)(O2)O[Si](CCCS)(O3)O[Si](CCCCS)(O4)O1. The smallest absolute Gasteiger partial charge is 0.373 e. The molecule has 0 spiro atoms. The van der Waals surface area contributed by atoms with E-state index in [2.05, 4.69) is 95.3 Å². The van der Waals surface area contributed by atoms with Gasteiger partial charge in [0.2, 0.25) is 0 Å². The van der Waals surface area contributed by atoms with Crippen molar-refractivity contribution in [1.82, 2.24) is 0 Å². The van der Waals surface area contributed by atoms with Gasteiger partial charge in [-0.1, -0.05) is 13.3 Å². The highest BCUT2D eigenvalue weighted by molar-refractivity contribution is 7.81. The van der Waals surface area contributed by atoms with Gasteiger partial charge in [-0.05, 0) is 98.1 Å². The van der Waals surface area contributed by atoms with Gasteiger partial charge >= 0.3 is 70.4 Å². The molecule has 0 aliphatic carbocycles. The van der Waals surface area contributed by atoms with E-state index in [-0.39, 0.29) is 0 Å². The van der Waals surface area contributed by atoms with Crippen LogP contribution >= 0.6 is 88.4 Å². The van der Waals surface area contributed by atoms with Crippen LogP contribution in [-0.2, 0) is 49.4 Å². The first-order valence-corrected chi connectivity index (χ1v) is 39.0. The molecule has 53 heavy (non-hydrogen) atoms. The molecule has 0 aromatic heterocycles. The topological polar surface area (TPSA) is 111 Å². The number of thiol groups is 7. The van der Waals surface area contributed by atoms with Crippen LogP contribution in [0.5, 0.6) is 0 Å². The minimum absolute atomic E-state index is 0.429. The van der Waals surface area contributed by atoms with Crippen LogP contribution in [0.3, 0.4) is 0 Å². The largest absolute Gasteiger partial charge is 0.478 e. The highest BCUT2D eigenvalue weighted by atomic mass is 32.1. The fraction of sp³-hybridized carbons (Fsp3) is 1.00. The molecule has 0 N–H and O–H groups in total. The lowest BCUT2D eigenvalue weighted by molar-refractivity contribution is -0.0306. The van der Waals surface area contributed by atoms with E-state index in [0.717, 1.165) is 25.7 Å². The number of rotatable bonds is 25. The molecule has 0 saturated carbocycles. The summed E-state index contributed by atoms with van der Waals surface area (Å²) in [6, 6.07) is 3.53. The molecular formula is C26H60O12S7Si8. The quantitative estimate of drug-likeness (QED) is 0.0286. The van der Waals surface area contributed by atoms with E-state index in [9.17, 15) is 0 Å². The average Bonchev–Trinajstić information content (AvgIpc) is 3.09. The van der Waals surface area contributed by atoms with Crippen LogP contribution in [0.2, 0.25) is 48.4 Å². The molecule has 0 unspecified atom stereocenters. The highest BCUT2D eigenvalue weighted by Gasteiger charge is 2.82.